The molecule has 0 saturated heterocycles. The van der Waals surface area contributed by atoms with Gasteiger partial charge in [-0.3, -0.25) is 0 Å². The van der Waals surface area contributed by atoms with E-state index in [9.17, 15) is 0 Å². The molecule has 46 valence electrons. The van der Waals surface area contributed by atoms with Crippen molar-refractivity contribution in [3.8, 4) is 5.75 Å². The molecule has 0 aliphatic rings. The van der Waals surface area contributed by atoms with Crippen LogP contribution in [-0.4, -0.2) is 8.05 Å². The second-order valence-corrected chi connectivity index (χ2v) is 2.02. The third-order valence-electron chi connectivity index (χ3n) is 1.26. The fourth-order valence-corrected chi connectivity index (χ4v) is 0.674. The van der Waals surface area contributed by atoms with Crippen molar-refractivity contribution in [2.45, 2.75) is 6.92 Å². The van der Waals surface area contributed by atoms with Gasteiger partial charge >= 0.3 is 8.05 Å². The zero-order valence-corrected chi connectivity index (χ0v) is 5.72. The van der Waals surface area contributed by atoms with Crippen molar-refractivity contribution >= 4 is 8.05 Å². The van der Waals surface area contributed by atoms with E-state index in [1.165, 1.54) is 5.56 Å². The topological polar surface area (TPSA) is 9.23 Å². The van der Waals surface area contributed by atoms with Crippen LogP contribution >= 0.6 is 0 Å². The summed E-state index contributed by atoms with van der Waals surface area (Å²) in [4.78, 5) is 0. The van der Waals surface area contributed by atoms with Gasteiger partial charge in [0, 0.05) is 0 Å². The van der Waals surface area contributed by atoms with E-state index in [1.54, 1.807) is 8.05 Å². The smallest absolute Gasteiger partial charge is 0.322 e. The summed E-state index contributed by atoms with van der Waals surface area (Å²) in [6, 6.07) is 7.96. The Bertz CT molecular complexity index is 181. The Labute approximate surface area is 56.1 Å². The fourth-order valence-electron chi connectivity index (χ4n) is 0.674. The van der Waals surface area contributed by atoms with Gasteiger partial charge in [0.2, 0.25) is 0 Å². The Morgan fingerprint density at radius 2 is 1.78 bits per heavy atom. The van der Waals surface area contributed by atoms with Gasteiger partial charge in [-0.15, -0.1) is 0 Å². The van der Waals surface area contributed by atoms with Gasteiger partial charge in [-0.05, 0) is 19.1 Å². The normalized spacial score (nSPS) is 9.00. The summed E-state index contributed by atoms with van der Waals surface area (Å²) in [6.07, 6.45) is 0. The predicted molar refractivity (Wildman–Crippen MR) is 40.4 cm³/mol. The van der Waals surface area contributed by atoms with Crippen molar-refractivity contribution in [3.63, 3.8) is 0 Å². The summed E-state index contributed by atoms with van der Waals surface area (Å²) < 4.78 is 4.97. The van der Waals surface area contributed by atoms with E-state index in [0.717, 1.165) is 5.75 Å². The van der Waals surface area contributed by atoms with Crippen LogP contribution < -0.4 is 4.65 Å². The minimum Gasteiger partial charge on any atom is -0.568 e. The van der Waals surface area contributed by atoms with Gasteiger partial charge in [0.1, 0.15) is 0 Å². The molecule has 0 unspecified atom stereocenters. The molecule has 1 rings (SSSR count). The number of benzene rings is 1. The van der Waals surface area contributed by atoms with Crippen LogP contribution in [0.15, 0.2) is 24.3 Å². The molecule has 0 heterocycles. The molecular weight excluding hydrogens is 111 g/mol. The Hall–Kier alpha value is -0.915. The van der Waals surface area contributed by atoms with Crippen LogP contribution in [0.2, 0.25) is 0 Å². The van der Waals surface area contributed by atoms with Crippen LogP contribution in [0.4, 0.5) is 0 Å². The molecule has 1 nitrogen and oxygen atoms in total. The summed E-state index contributed by atoms with van der Waals surface area (Å²) >= 11 is 0. The quantitative estimate of drug-likeness (QED) is 0.500. The lowest BCUT2D eigenvalue weighted by molar-refractivity contribution is 0.616. The van der Waals surface area contributed by atoms with Crippen LogP contribution in [0.5, 0.6) is 5.75 Å². The molecule has 2 heteroatoms. The highest BCUT2D eigenvalue weighted by molar-refractivity contribution is 5.99. The average molecular weight is 120 g/mol. The Morgan fingerprint density at radius 1 is 1.22 bits per heavy atom. The van der Waals surface area contributed by atoms with E-state index >= 15 is 0 Å². The maximum Gasteiger partial charge on any atom is 0.322 e. The maximum absolute atomic E-state index is 4.97. The van der Waals surface area contributed by atoms with E-state index in [2.05, 4.69) is 6.92 Å². The Balaban J connectivity index is 2.88. The van der Waals surface area contributed by atoms with Crippen LogP contribution in [0.3, 0.4) is 0 Å². The van der Waals surface area contributed by atoms with Crippen molar-refractivity contribution in [2.24, 2.45) is 0 Å². The molecule has 1 aromatic carbocycles. The summed E-state index contributed by atoms with van der Waals surface area (Å²) in [5.41, 5.74) is 1.26. The number of aryl methyl sites for hydroxylation is 1. The molecule has 0 atom stereocenters. The molecule has 0 N–H and O–H groups in total. The minimum atomic E-state index is 0.917. The number of hydrogen-bond donors (Lipinski definition) is 0. The molecule has 0 fully saturated rings. The highest BCUT2D eigenvalue weighted by Crippen LogP contribution is 2.09. The molecule has 9 heavy (non-hydrogen) atoms. The SMILES string of the molecule is BOc1ccc(C)cc1. The lowest BCUT2D eigenvalue weighted by Crippen LogP contribution is -1.83. The maximum atomic E-state index is 4.97. The molecule has 1 aromatic rings. The van der Waals surface area contributed by atoms with Crippen molar-refractivity contribution in [2.75, 3.05) is 0 Å². The van der Waals surface area contributed by atoms with Crippen molar-refractivity contribution in [1.29, 1.82) is 0 Å². The van der Waals surface area contributed by atoms with Gasteiger partial charge < -0.3 is 4.65 Å². The first-order valence-corrected chi connectivity index (χ1v) is 2.93. The lowest BCUT2D eigenvalue weighted by Gasteiger charge is -1.98. The number of hydrogen-bond acceptors (Lipinski definition) is 1. The van der Waals surface area contributed by atoms with Crippen LogP contribution in [0.1, 0.15) is 5.56 Å². The highest BCUT2D eigenvalue weighted by Gasteiger charge is 1.85. The first-order valence-electron chi connectivity index (χ1n) is 2.93. The largest absolute Gasteiger partial charge is 0.568 e. The van der Waals surface area contributed by atoms with Crippen molar-refractivity contribution < 1.29 is 4.65 Å². The van der Waals surface area contributed by atoms with E-state index in [4.69, 9.17) is 4.65 Å². The van der Waals surface area contributed by atoms with Crippen LogP contribution in [0.25, 0.3) is 0 Å². The molecule has 0 saturated carbocycles. The van der Waals surface area contributed by atoms with Gasteiger partial charge in [0.05, 0.1) is 5.75 Å². The summed E-state index contributed by atoms with van der Waals surface area (Å²) in [7, 11) is 1.67. The first kappa shape index (κ1) is 6.21. The molecule has 0 bridgehead atoms. The fraction of sp³-hybridized carbons (Fsp3) is 0.143. The highest BCUT2D eigenvalue weighted by atomic mass is 16.4. The molecule has 0 spiro atoms. The number of rotatable bonds is 1. The zero-order chi connectivity index (χ0) is 6.69. The van der Waals surface area contributed by atoms with E-state index in [0.29, 0.717) is 0 Å². The van der Waals surface area contributed by atoms with Crippen LogP contribution in [0, 0.1) is 6.92 Å². The standard InChI is InChI=1S/C7H9BO/c1-6-2-4-7(9-8)5-3-6/h2-5H,8H2,1H3. The zero-order valence-electron chi connectivity index (χ0n) is 5.72. The van der Waals surface area contributed by atoms with Crippen molar-refractivity contribution in [1.82, 2.24) is 0 Å². The molecule has 0 aromatic heterocycles. The lowest BCUT2D eigenvalue weighted by atomic mass is 10.2. The first-order chi connectivity index (χ1) is 4.33. The van der Waals surface area contributed by atoms with E-state index in [-0.39, 0.29) is 0 Å². The average Bonchev–Trinajstić information content (AvgIpc) is 1.90. The third-order valence-corrected chi connectivity index (χ3v) is 1.26. The molecule has 0 radical (unpaired) electrons. The van der Waals surface area contributed by atoms with Gasteiger partial charge in [0.25, 0.3) is 0 Å². The monoisotopic (exact) mass is 120 g/mol. The van der Waals surface area contributed by atoms with Gasteiger partial charge in [-0.2, -0.15) is 0 Å². The molecule has 0 amide bonds. The third kappa shape index (κ3) is 1.49. The second kappa shape index (κ2) is 2.58. The van der Waals surface area contributed by atoms with Crippen molar-refractivity contribution in [3.05, 3.63) is 29.8 Å². The van der Waals surface area contributed by atoms with E-state index in [1.807, 2.05) is 24.3 Å². The van der Waals surface area contributed by atoms with E-state index < -0.39 is 0 Å². The van der Waals surface area contributed by atoms with Gasteiger partial charge in [0.15, 0.2) is 0 Å². The Morgan fingerprint density at radius 3 is 2.22 bits per heavy atom. The van der Waals surface area contributed by atoms with Gasteiger partial charge in [-0.1, -0.05) is 17.7 Å². The summed E-state index contributed by atoms with van der Waals surface area (Å²) in [5, 5.41) is 0. The molecule has 0 aliphatic heterocycles. The summed E-state index contributed by atoms with van der Waals surface area (Å²) in [6.45, 7) is 2.06. The second-order valence-electron chi connectivity index (χ2n) is 2.02. The molecular formula is C7H9BO. The van der Waals surface area contributed by atoms with Crippen LogP contribution in [-0.2, 0) is 0 Å². The van der Waals surface area contributed by atoms with Gasteiger partial charge in [-0.25, -0.2) is 0 Å². The summed E-state index contributed by atoms with van der Waals surface area (Å²) in [5.74, 6) is 0.917. The predicted octanol–water partition coefficient (Wildman–Crippen LogP) is 0.922. The Kier molecular flexibility index (Phi) is 1.78. The molecule has 0 aliphatic carbocycles. The minimum absolute atomic E-state index is 0.917.